The molecule has 1 rings (SSSR count). The van der Waals surface area contributed by atoms with Crippen LogP contribution in [0, 0.1) is 0 Å². The molecular formula is C12H16O8. The normalized spacial score (nSPS) is 28.5. The molecule has 3 atom stereocenters. The van der Waals surface area contributed by atoms with Crippen LogP contribution in [-0.4, -0.2) is 48.3 Å². The number of cyclic esters (lactones) is 1. The van der Waals surface area contributed by atoms with Gasteiger partial charge < -0.3 is 18.9 Å². The van der Waals surface area contributed by atoms with E-state index < -0.39 is 41.7 Å². The van der Waals surface area contributed by atoms with Crippen LogP contribution in [0.3, 0.4) is 0 Å². The van der Waals surface area contributed by atoms with Gasteiger partial charge >= 0.3 is 23.9 Å². The first-order valence-corrected chi connectivity index (χ1v) is 5.88. The van der Waals surface area contributed by atoms with Crippen molar-refractivity contribution in [1.82, 2.24) is 0 Å². The number of esters is 4. The Kier molecular flexibility index (Phi) is 4.69. The number of carbonyl (C=O) groups excluding carboxylic acids is 4. The van der Waals surface area contributed by atoms with Gasteiger partial charge in [0.05, 0.1) is 0 Å². The predicted octanol–water partition coefficient (Wildman–Crippen LogP) is -0.272. The summed E-state index contributed by atoms with van der Waals surface area (Å²) < 4.78 is 19.6. The second-order valence-corrected chi connectivity index (χ2v) is 4.48. The molecule has 0 amide bonds. The van der Waals surface area contributed by atoms with E-state index in [-0.39, 0.29) is 6.61 Å². The number of rotatable bonds is 4. The van der Waals surface area contributed by atoms with Crippen molar-refractivity contribution in [3.05, 3.63) is 0 Å². The monoisotopic (exact) mass is 288 g/mol. The Hall–Kier alpha value is -2.12. The van der Waals surface area contributed by atoms with Gasteiger partial charge in [0, 0.05) is 20.8 Å². The van der Waals surface area contributed by atoms with E-state index in [9.17, 15) is 19.2 Å². The van der Waals surface area contributed by atoms with Gasteiger partial charge in [0.2, 0.25) is 5.60 Å². The summed E-state index contributed by atoms with van der Waals surface area (Å²) in [7, 11) is 0. The molecule has 0 saturated carbocycles. The molecule has 0 aromatic heterocycles. The highest BCUT2D eigenvalue weighted by atomic mass is 16.7. The van der Waals surface area contributed by atoms with E-state index in [1.54, 1.807) is 0 Å². The summed E-state index contributed by atoms with van der Waals surface area (Å²) in [5.74, 6) is -2.85. The van der Waals surface area contributed by atoms with Crippen LogP contribution in [0.2, 0.25) is 0 Å². The molecule has 0 aromatic rings. The van der Waals surface area contributed by atoms with Gasteiger partial charge in [0.15, 0.2) is 12.2 Å². The van der Waals surface area contributed by atoms with Crippen LogP contribution in [0.25, 0.3) is 0 Å². The summed E-state index contributed by atoms with van der Waals surface area (Å²) in [5, 5.41) is 0. The average Bonchev–Trinajstić information content (AvgIpc) is 2.49. The molecule has 0 bridgehead atoms. The van der Waals surface area contributed by atoms with Crippen LogP contribution in [0.15, 0.2) is 0 Å². The molecule has 1 heterocycles. The standard InChI is InChI=1S/C12H16O8/c1-6(13)17-5-9-10(18-7(2)14)12(4,11(16)19-9)20-8(3)15/h9-10H,5H2,1-4H3/t9-,10-,12-/m1/s1. The van der Waals surface area contributed by atoms with Crippen LogP contribution in [0.4, 0.5) is 0 Å². The highest BCUT2D eigenvalue weighted by Crippen LogP contribution is 2.32. The second kappa shape index (κ2) is 5.89. The first-order valence-electron chi connectivity index (χ1n) is 5.88. The number of ether oxygens (including phenoxy) is 4. The summed E-state index contributed by atoms with van der Waals surface area (Å²) in [6, 6.07) is 0. The van der Waals surface area contributed by atoms with Gasteiger partial charge in [-0.05, 0) is 6.92 Å². The Morgan fingerprint density at radius 3 is 2.20 bits per heavy atom. The van der Waals surface area contributed by atoms with Crippen molar-refractivity contribution in [2.45, 2.75) is 45.5 Å². The Morgan fingerprint density at radius 1 is 1.15 bits per heavy atom. The molecule has 8 heteroatoms. The van der Waals surface area contributed by atoms with Crippen LogP contribution >= 0.6 is 0 Å². The fourth-order valence-corrected chi connectivity index (χ4v) is 1.87. The number of hydrogen-bond donors (Lipinski definition) is 0. The summed E-state index contributed by atoms with van der Waals surface area (Å²) in [5.41, 5.74) is -1.76. The highest BCUT2D eigenvalue weighted by Gasteiger charge is 2.60. The van der Waals surface area contributed by atoms with E-state index in [1.165, 1.54) is 13.8 Å². The topological polar surface area (TPSA) is 105 Å². The lowest BCUT2D eigenvalue weighted by Crippen LogP contribution is -2.50. The Bertz CT molecular complexity index is 443. The maximum atomic E-state index is 11.8. The number of carbonyl (C=O) groups is 4. The molecular weight excluding hydrogens is 272 g/mol. The zero-order valence-corrected chi connectivity index (χ0v) is 11.6. The van der Waals surface area contributed by atoms with Crippen LogP contribution in [0.5, 0.6) is 0 Å². The quantitative estimate of drug-likeness (QED) is 0.514. The van der Waals surface area contributed by atoms with Crippen molar-refractivity contribution in [2.75, 3.05) is 6.61 Å². The molecule has 0 aliphatic carbocycles. The van der Waals surface area contributed by atoms with E-state index in [1.807, 2.05) is 0 Å². The Labute approximate surface area is 115 Å². The molecule has 1 fully saturated rings. The second-order valence-electron chi connectivity index (χ2n) is 4.48. The van der Waals surface area contributed by atoms with Gasteiger partial charge in [-0.2, -0.15) is 0 Å². The van der Waals surface area contributed by atoms with Crippen LogP contribution in [-0.2, 0) is 38.1 Å². The summed E-state index contributed by atoms with van der Waals surface area (Å²) in [6.07, 6.45) is -2.21. The largest absolute Gasteiger partial charge is 0.462 e. The molecule has 20 heavy (non-hydrogen) atoms. The smallest absolute Gasteiger partial charge is 0.355 e. The van der Waals surface area contributed by atoms with Gasteiger partial charge in [0.1, 0.15) is 6.61 Å². The number of hydrogen-bond acceptors (Lipinski definition) is 8. The highest BCUT2D eigenvalue weighted by molar-refractivity contribution is 5.86. The van der Waals surface area contributed by atoms with E-state index >= 15 is 0 Å². The van der Waals surface area contributed by atoms with Crippen molar-refractivity contribution < 1.29 is 38.1 Å². The van der Waals surface area contributed by atoms with Crippen molar-refractivity contribution in [2.24, 2.45) is 0 Å². The predicted molar refractivity (Wildman–Crippen MR) is 62.2 cm³/mol. The maximum absolute atomic E-state index is 11.8. The third-order valence-electron chi connectivity index (χ3n) is 2.64. The van der Waals surface area contributed by atoms with Crippen molar-refractivity contribution >= 4 is 23.9 Å². The fraction of sp³-hybridized carbons (Fsp3) is 0.667. The minimum absolute atomic E-state index is 0.296. The lowest BCUT2D eigenvalue weighted by Gasteiger charge is -2.27. The molecule has 0 spiro atoms. The lowest BCUT2D eigenvalue weighted by molar-refractivity contribution is -0.181. The van der Waals surface area contributed by atoms with Gasteiger partial charge in [0.25, 0.3) is 0 Å². The summed E-state index contributed by atoms with van der Waals surface area (Å²) in [4.78, 5) is 44.9. The van der Waals surface area contributed by atoms with Crippen LogP contribution < -0.4 is 0 Å². The first-order chi connectivity index (χ1) is 9.16. The van der Waals surface area contributed by atoms with Gasteiger partial charge in [-0.25, -0.2) is 4.79 Å². The third-order valence-corrected chi connectivity index (χ3v) is 2.64. The Morgan fingerprint density at radius 2 is 1.75 bits per heavy atom. The van der Waals surface area contributed by atoms with Gasteiger partial charge in [-0.15, -0.1) is 0 Å². The van der Waals surface area contributed by atoms with E-state index in [0.717, 1.165) is 13.8 Å². The fourth-order valence-electron chi connectivity index (χ4n) is 1.87. The van der Waals surface area contributed by atoms with Crippen molar-refractivity contribution in [3.63, 3.8) is 0 Å². The maximum Gasteiger partial charge on any atom is 0.355 e. The zero-order valence-electron chi connectivity index (χ0n) is 11.6. The molecule has 112 valence electrons. The summed E-state index contributed by atoms with van der Waals surface area (Å²) in [6.45, 7) is 4.42. The molecule has 1 saturated heterocycles. The SMILES string of the molecule is CC(=O)OC[C@H]1OC(=O)[C@](C)(OC(C)=O)[C@@H]1OC(C)=O. The minimum atomic E-state index is -1.76. The van der Waals surface area contributed by atoms with E-state index in [0.29, 0.717) is 0 Å². The van der Waals surface area contributed by atoms with Gasteiger partial charge in [-0.3, -0.25) is 14.4 Å². The molecule has 0 N–H and O–H groups in total. The molecule has 8 nitrogen and oxygen atoms in total. The third kappa shape index (κ3) is 3.46. The summed E-state index contributed by atoms with van der Waals surface area (Å²) >= 11 is 0. The molecule has 0 aromatic carbocycles. The minimum Gasteiger partial charge on any atom is -0.462 e. The van der Waals surface area contributed by atoms with E-state index in [4.69, 9.17) is 18.9 Å². The molecule has 0 radical (unpaired) electrons. The van der Waals surface area contributed by atoms with Crippen molar-refractivity contribution in [3.8, 4) is 0 Å². The average molecular weight is 288 g/mol. The van der Waals surface area contributed by atoms with Crippen molar-refractivity contribution in [1.29, 1.82) is 0 Å². The molecule has 1 aliphatic heterocycles. The van der Waals surface area contributed by atoms with E-state index in [2.05, 4.69) is 0 Å². The zero-order chi connectivity index (χ0) is 15.5. The molecule has 1 aliphatic rings. The first kappa shape index (κ1) is 15.9. The van der Waals surface area contributed by atoms with Crippen LogP contribution in [0.1, 0.15) is 27.7 Å². The Balaban J connectivity index is 2.97. The van der Waals surface area contributed by atoms with Gasteiger partial charge in [-0.1, -0.05) is 0 Å². The molecule has 0 unspecified atom stereocenters. The lowest BCUT2D eigenvalue weighted by atomic mass is 9.98.